The van der Waals surface area contributed by atoms with Crippen molar-refractivity contribution in [2.45, 2.75) is 90.0 Å². The Morgan fingerprint density at radius 2 is 1.20 bits per heavy atom. The molecular weight excluding hydrogens is 713 g/mol. The van der Waals surface area contributed by atoms with E-state index in [1.807, 2.05) is 43.7 Å². The molecule has 2 aromatic carbocycles. The molecule has 0 spiro atoms. The molecule has 3 fully saturated rings. The second-order valence-corrected chi connectivity index (χ2v) is 15.8. The fourth-order valence-electron chi connectivity index (χ4n) is 8.68. The second-order valence-electron chi connectivity index (χ2n) is 15.8. The van der Waals surface area contributed by atoms with Gasteiger partial charge in [-0.3, -0.25) is 9.59 Å². The third-order valence-corrected chi connectivity index (χ3v) is 11.7. The predicted molar refractivity (Wildman–Crippen MR) is 210 cm³/mol. The highest BCUT2D eigenvalue weighted by molar-refractivity contribution is 5.87. The summed E-state index contributed by atoms with van der Waals surface area (Å²) in [6, 6.07) is 15.0. The predicted octanol–water partition coefficient (Wildman–Crippen LogP) is 6.61. The summed E-state index contributed by atoms with van der Waals surface area (Å²) in [5, 5.41) is 5.45. The Morgan fingerprint density at radius 1 is 0.696 bits per heavy atom. The van der Waals surface area contributed by atoms with Crippen LogP contribution in [0.2, 0.25) is 0 Å². The number of carbonyl (C=O) groups excluding carboxylic acids is 4. The molecule has 14 heteroatoms. The average Bonchev–Trinajstić information content (AvgIpc) is 4.06. The number of fused-ring (bicyclic) bond motifs is 2. The van der Waals surface area contributed by atoms with Crippen LogP contribution in [-0.2, 0) is 19.1 Å². The standard InChI is InChI=1S/C42H52N8O6/c1-23(2)34(47-41(53)55-5)39(51)49-19-7-8-33(49)37-43-21-31(45-37)27-13-9-25(10-14-27)26-11-15-28(16-12-26)32-22-44-38(46-32)36-29-17-18-30(20-29)50(36)40(52)35(24(3)4)48-42(54)56-6/h9-16,21-24,29-30,33-36H,7-8,17-20H2,1-6H3,(H,43,45)(H,44,46)(H,47,53)(H,48,54)/t29-,30-,33-,34-,35+,36+/m0/s1. The van der Waals surface area contributed by atoms with Gasteiger partial charge in [0.15, 0.2) is 0 Å². The van der Waals surface area contributed by atoms with Crippen LogP contribution in [0.4, 0.5) is 9.59 Å². The molecular formula is C42H52N8O6. The van der Waals surface area contributed by atoms with Gasteiger partial charge < -0.3 is 39.9 Å². The summed E-state index contributed by atoms with van der Waals surface area (Å²) in [7, 11) is 2.59. The Labute approximate surface area is 327 Å². The number of amides is 4. The Kier molecular flexibility index (Phi) is 11.2. The van der Waals surface area contributed by atoms with Crippen molar-refractivity contribution in [3.8, 4) is 33.6 Å². The minimum absolute atomic E-state index is 0.0949. The smallest absolute Gasteiger partial charge is 0.407 e. The molecule has 4 amide bonds. The Morgan fingerprint density at radius 3 is 1.73 bits per heavy atom. The Balaban J connectivity index is 1.02. The molecule has 56 heavy (non-hydrogen) atoms. The number of piperidine rings is 1. The van der Waals surface area contributed by atoms with Crippen molar-refractivity contribution >= 4 is 24.0 Å². The fourth-order valence-corrected chi connectivity index (χ4v) is 8.68. The first-order valence-electron chi connectivity index (χ1n) is 19.6. The summed E-state index contributed by atoms with van der Waals surface area (Å²) in [6.45, 7) is 8.25. The number of alkyl carbamates (subject to hydrolysis) is 2. The SMILES string of the molecule is COC(=O)N[C@H](C(=O)N1CCC[C@H]1c1ncc(-c2ccc(-c3ccc(-c4cnc([C@H]5[C@H]6CC[C@@H](C6)N5C(=O)[C@H](NC(=O)OC)C(C)C)[nH]4)cc3)cc2)[nH]1)C(C)C. The molecule has 0 radical (unpaired) electrons. The van der Waals surface area contributed by atoms with Crippen molar-refractivity contribution in [1.82, 2.24) is 40.4 Å². The van der Waals surface area contributed by atoms with Crippen LogP contribution in [0.1, 0.15) is 83.5 Å². The maximum atomic E-state index is 13.9. The number of rotatable bonds is 11. The van der Waals surface area contributed by atoms with E-state index in [1.165, 1.54) is 14.2 Å². The van der Waals surface area contributed by atoms with E-state index < -0.39 is 24.3 Å². The number of hydrogen-bond donors (Lipinski definition) is 4. The number of H-pyrrole nitrogens is 2. The number of imidazole rings is 2. The number of carbonyl (C=O) groups is 4. The minimum Gasteiger partial charge on any atom is -0.453 e. The molecule has 1 saturated carbocycles. The molecule has 2 aliphatic heterocycles. The maximum Gasteiger partial charge on any atom is 0.407 e. The molecule has 3 aliphatic rings. The molecule has 2 saturated heterocycles. The zero-order valence-corrected chi connectivity index (χ0v) is 32.9. The molecule has 2 aromatic heterocycles. The lowest BCUT2D eigenvalue weighted by Crippen LogP contribution is -2.54. The van der Waals surface area contributed by atoms with Crippen molar-refractivity contribution in [2.24, 2.45) is 17.8 Å². The first kappa shape index (κ1) is 38.6. The van der Waals surface area contributed by atoms with Crippen LogP contribution in [0.25, 0.3) is 33.6 Å². The second kappa shape index (κ2) is 16.2. The third kappa shape index (κ3) is 7.61. The topological polar surface area (TPSA) is 175 Å². The lowest BCUT2D eigenvalue weighted by atomic mass is 9.95. The Hall–Kier alpha value is -5.66. The summed E-state index contributed by atoms with van der Waals surface area (Å²) in [4.78, 5) is 71.7. The monoisotopic (exact) mass is 764 g/mol. The van der Waals surface area contributed by atoms with Gasteiger partial charge in [0.2, 0.25) is 11.8 Å². The van der Waals surface area contributed by atoms with Gasteiger partial charge in [0, 0.05) is 12.6 Å². The molecule has 4 aromatic rings. The van der Waals surface area contributed by atoms with Crippen LogP contribution < -0.4 is 10.6 Å². The number of hydrogen-bond acceptors (Lipinski definition) is 8. The van der Waals surface area contributed by atoms with E-state index in [9.17, 15) is 19.2 Å². The van der Waals surface area contributed by atoms with E-state index >= 15 is 0 Å². The van der Waals surface area contributed by atoms with Gasteiger partial charge in [0.25, 0.3) is 0 Å². The quantitative estimate of drug-likeness (QED) is 0.132. The molecule has 14 nitrogen and oxygen atoms in total. The molecule has 0 unspecified atom stereocenters. The number of methoxy groups -OCH3 is 2. The number of aromatic nitrogens is 4. The van der Waals surface area contributed by atoms with E-state index in [0.29, 0.717) is 12.5 Å². The van der Waals surface area contributed by atoms with Gasteiger partial charge in [0.1, 0.15) is 23.7 Å². The third-order valence-electron chi connectivity index (χ3n) is 11.7. The van der Waals surface area contributed by atoms with Crippen LogP contribution in [0.5, 0.6) is 0 Å². The van der Waals surface area contributed by atoms with Crippen molar-refractivity contribution in [3.63, 3.8) is 0 Å². The normalized spacial score (nSPS) is 21.4. The zero-order chi connectivity index (χ0) is 39.7. The average molecular weight is 765 g/mol. The number of benzene rings is 2. The summed E-state index contributed by atoms with van der Waals surface area (Å²) >= 11 is 0. The molecule has 1 aliphatic carbocycles. The molecule has 2 bridgehead atoms. The first-order chi connectivity index (χ1) is 27.0. The zero-order valence-electron chi connectivity index (χ0n) is 32.9. The summed E-state index contributed by atoms with van der Waals surface area (Å²) in [5.74, 6) is 1.37. The number of likely N-dealkylation sites (tertiary alicyclic amines) is 2. The molecule has 296 valence electrons. The van der Waals surface area contributed by atoms with E-state index in [1.54, 1.807) is 6.20 Å². The largest absolute Gasteiger partial charge is 0.453 e. The van der Waals surface area contributed by atoms with Crippen LogP contribution in [0.3, 0.4) is 0 Å². The van der Waals surface area contributed by atoms with Gasteiger partial charge in [-0.2, -0.15) is 0 Å². The number of ether oxygens (including phenoxy) is 2. The van der Waals surface area contributed by atoms with Crippen molar-refractivity contribution < 1.29 is 28.7 Å². The van der Waals surface area contributed by atoms with E-state index in [-0.39, 0.29) is 41.8 Å². The number of nitrogens with one attached hydrogen (secondary N) is 4. The summed E-state index contributed by atoms with van der Waals surface area (Å²) in [6.07, 6.45) is 6.96. The van der Waals surface area contributed by atoms with Crippen LogP contribution in [0.15, 0.2) is 60.9 Å². The maximum absolute atomic E-state index is 13.9. The highest BCUT2D eigenvalue weighted by atomic mass is 16.5. The van der Waals surface area contributed by atoms with Gasteiger partial charge in [-0.05, 0) is 72.1 Å². The van der Waals surface area contributed by atoms with Gasteiger partial charge in [-0.15, -0.1) is 0 Å². The van der Waals surface area contributed by atoms with E-state index in [0.717, 1.165) is 77.4 Å². The van der Waals surface area contributed by atoms with Crippen molar-refractivity contribution in [1.29, 1.82) is 0 Å². The van der Waals surface area contributed by atoms with Gasteiger partial charge >= 0.3 is 12.2 Å². The van der Waals surface area contributed by atoms with E-state index in [4.69, 9.17) is 14.5 Å². The number of aromatic amines is 2. The summed E-state index contributed by atoms with van der Waals surface area (Å²) in [5.41, 5.74) is 5.83. The molecule has 4 N–H and O–H groups in total. The van der Waals surface area contributed by atoms with Crippen LogP contribution in [-0.4, -0.2) is 92.6 Å². The fraction of sp³-hybridized carbons (Fsp3) is 0.476. The minimum atomic E-state index is -0.687. The number of nitrogens with zero attached hydrogens (tertiary/aromatic N) is 4. The van der Waals surface area contributed by atoms with Gasteiger partial charge in [0.05, 0.1) is 50.1 Å². The lowest BCUT2D eigenvalue weighted by Gasteiger charge is -2.37. The molecule has 6 atom stereocenters. The van der Waals surface area contributed by atoms with E-state index in [2.05, 4.69) is 74.1 Å². The highest BCUT2D eigenvalue weighted by Crippen LogP contribution is 2.50. The lowest BCUT2D eigenvalue weighted by molar-refractivity contribution is -0.139. The molecule has 4 heterocycles. The van der Waals surface area contributed by atoms with Crippen LogP contribution in [0, 0.1) is 17.8 Å². The van der Waals surface area contributed by atoms with Crippen molar-refractivity contribution in [3.05, 3.63) is 72.6 Å². The van der Waals surface area contributed by atoms with Crippen LogP contribution >= 0.6 is 0 Å². The van der Waals surface area contributed by atoms with Crippen molar-refractivity contribution in [2.75, 3.05) is 20.8 Å². The highest BCUT2D eigenvalue weighted by Gasteiger charge is 2.51. The first-order valence-corrected chi connectivity index (χ1v) is 19.6. The molecule has 7 rings (SSSR count). The van der Waals surface area contributed by atoms with Gasteiger partial charge in [-0.1, -0.05) is 76.2 Å². The Bertz CT molecular complexity index is 2040. The van der Waals surface area contributed by atoms with Gasteiger partial charge in [-0.25, -0.2) is 19.6 Å². The summed E-state index contributed by atoms with van der Waals surface area (Å²) < 4.78 is 9.57.